The summed E-state index contributed by atoms with van der Waals surface area (Å²) in [7, 11) is 0. The molecule has 0 radical (unpaired) electrons. The molecule has 1 aliphatic heterocycles. The van der Waals surface area contributed by atoms with Crippen LogP contribution >= 0.6 is 0 Å². The van der Waals surface area contributed by atoms with E-state index >= 15 is 0 Å². The van der Waals surface area contributed by atoms with Crippen LogP contribution in [0, 0.1) is 6.92 Å². The van der Waals surface area contributed by atoms with Crippen molar-refractivity contribution in [2.75, 3.05) is 31.1 Å². The number of hydrogen-bond donors (Lipinski definition) is 1. The molecule has 0 atom stereocenters. The molecule has 0 unspecified atom stereocenters. The van der Waals surface area contributed by atoms with Crippen molar-refractivity contribution in [1.29, 1.82) is 0 Å². The molecule has 8 heteroatoms. The van der Waals surface area contributed by atoms with E-state index in [2.05, 4.69) is 9.88 Å². The number of ether oxygens (including phenoxy) is 1. The molecule has 1 N–H and O–H groups in total. The molecule has 0 saturated carbocycles. The Hall–Kier alpha value is -2.77. The first-order valence-corrected chi connectivity index (χ1v) is 8.52. The minimum atomic E-state index is -1.04. The van der Waals surface area contributed by atoms with E-state index in [1.54, 1.807) is 24.0 Å². The van der Waals surface area contributed by atoms with Crippen LogP contribution in [-0.4, -0.2) is 58.8 Å². The molecule has 1 fully saturated rings. The van der Waals surface area contributed by atoms with Gasteiger partial charge in [0.2, 0.25) is 0 Å². The minimum Gasteiger partial charge on any atom is -0.478 e. The number of fused-ring (bicyclic) bond motifs is 1. The first-order valence-electron chi connectivity index (χ1n) is 8.52. The van der Waals surface area contributed by atoms with Crippen molar-refractivity contribution in [3.8, 4) is 0 Å². The molecule has 140 valence electrons. The summed E-state index contributed by atoms with van der Waals surface area (Å²) in [5.74, 6) is -0.619. The third kappa shape index (κ3) is 3.58. The second kappa shape index (κ2) is 6.51. The number of carboxylic acids is 1. The van der Waals surface area contributed by atoms with Crippen molar-refractivity contribution in [3.63, 3.8) is 0 Å². The standard InChI is InChI=1S/C18H23N3O5/c1-11-19-14-12(16(22)23)5-6-13(15(14)25-11)20-7-9-21(10-8-20)17(24)26-18(2,3)4/h5-6H,7-10H2,1-4H3,(H,22,23). The minimum absolute atomic E-state index is 0.119. The van der Waals surface area contributed by atoms with E-state index in [1.165, 1.54) is 0 Å². The number of rotatable bonds is 2. The van der Waals surface area contributed by atoms with Crippen LogP contribution in [0.15, 0.2) is 16.5 Å². The Morgan fingerprint density at radius 3 is 2.42 bits per heavy atom. The zero-order valence-electron chi connectivity index (χ0n) is 15.4. The third-order valence-corrected chi connectivity index (χ3v) is 4.13. The average Bonchev–Trinajstić information content (AvgIpc) is 2.93. The summed E-state index contributed by atoms with van der Waals surface area (Å²) in [5, 5.41) is 9.33. The van der Waals surface area contributed by atoms with Gasteiger partial charge in [-0.25, -0.2) is 14.6 Å². The van der Waals surface area contributed by atoms with Gasteiger partial charge in [-0.3, -0.25) is 0 Å². The predicted octanol–water partition coefficient (Wildman–Crippen LogP) is 2.89. The smallest absolute Gasteiger partial charge is 0.410 e. The number of aromatic carboxylic acids is 1. The molecular formula is C18H23N3O5. The molecule has 1 aliphatic rings. The van der Waals surface area contributed by atoms with Crippen LogP contribution in [0.1, 0.15) is 37.0 Å². The van der Waals surface area contributed by atoms with Gasteiger partial charge in [-0.05, 0) is 32.9 Å². The second-order valence-electron chi connectivity index (χ2n) is 7.30. The highest BCUT2D eigenvalue weighted by Crippen LogP contribution is 2.31. The number of amides is 1. The monoisotopic (exact) mass is 361 g/mol. The lowest BCUT2D eigenvalue weighted by Crippen LogP contribution is -2.50. The molecule has 1 aromatic carbocycles. The molecule has 1 aromatic heterocycles. The van der Waals surface area contributed by atoms with E-state index in [-0.39, 0.29) is 11.7 Å². The molecule has 0 bridgehead atoms. The van der Waals surface area contributed by atoms with Crippen molar-refractivity contribution in [2.45, 2.75) is 33.3 Å². The van der Waals surface area contributed by atoms with Gasteiger partial charge in [-0.1, -0.05) is 0 Å². The van der Waals surface area contributed by atoms with Crippen LogP contribution in [0.3, 0.4) is 0 Å². The SMILES string of the molecule is Cc1nc2c(C(=O)O)ccc(N3CCN(C(=O)OC(C)(C)C)CC3)c2o1. The third-order valence-electron chi connectivity index (χ3n) is 4.13. The van der Waals surface area contributed by atoms with Crippen molar-refractivity contribution in [3.05, 3.63) is 23.6 Å². The molecular weight excluding hydrogens is 338 g/mol. The number of oxazole rings is 1. The Morgan fingerprint density at radius 2 is 1.85 bits per heavy atom. The van der Waals surface area contributed by atoms with Crippen molar-refractivity contribution >= 4 is 28.8 Å². The normalized spacial score (nSPS) is 15.4. The van der Waals surface area contributed by atoms with Gasteiger partial charge in [-0.2, -0.15) is 0 Å². The Labute approximate surface area is 151 Å². The van der Waals surface area contributed by atoms with Crippen LogP contribution in [0.25, 0.3) is 11.1 Å². The van der Waals surface area contributed by atoms with Gasteiger partial charge in [0, 0.05) is 33.1 Å². The molecule has 2 aromatic rings. The number of nitrogens with zero attached hydrogens (tertiary/aromatic N) is 3. The van der Waals surface area contributed by atoms with Crippen molar-refractivity contribution in [2.24, 2.45) is 0 Å². The largest absolute Gasteiger partial charge is 0.478 e. The Balaban J connectivity index is 1.79. The summed E-state index contributed by atoms with van der Waals surface area (Å²) < 4.78 is 11.1. The van der Waals surface area contributed by atoms with Gasteiger partial charge in [0.1, 0.15) is 11.1 Å². The van der Waals surface area contributed by atoms with Gasteiger partial charge in [0.25, 0.3) is 0 Å². The molecule has 3 rings (SSSR count). The highest BCUT2D eigenvalue weighted by molar-refractivity contribution is 6.04. The summed E-state index contributed by atoms with van der Waals surface area (Å²) in [6, 6.07) is 3.28. The number of aromatic nitrogens is 1. The fourth-order valence-corrected chi connectivity index (χ4v) is 2.98. The quantitative estimate of drug-likeness (QED) is 0.878. The van der Waals surface area contributed by atoms with Gasteiger partial charge < -0.3 is 24.1 Å². The maximum atomic E-state index is 12.2. The van der Waals surface area contributed by atoms with E-state index < -0.39 is 11.6 Å². The van der Waals surface area contributed by atoms with Crippen LogP contribution in [0.2, 0.25) is 0 Å². The first-order chi connectivity index (χ1) is 12.2. The number of hydrogen-bond acceptors (Lipinski definition) is 6. The second-order valence-corrected chi connectivity index (χ2v) is 7.30. The van der Waals surface area contributed by atoms with E-state index in [9.17, 15) is 14.7 Å². The summed E-state index contributed by atoms with van der Waals surface area (Å²) in [4.78, 5) is 31.5. The molecule has 0 aliphatic carbocycles. The number of carbonyl (C=O) groups is 2. The van der Waals surface area contributed by atoms with Crippen molar-refractivity contribution in [1.82, 2.24) is 9.88 Å². The van der Waals surface area contributed by atoms with Crippen LogP contribution < -0.4 is 4.90 Å². The van der Waals surface area contributed by atoms with Crippen LogP contribution in [0.4, 0.5) is 10.5 Å². The lowest BCUT2D eigenvalue weighted by Gasteiger charge is -2.36. The molecule has 1 saturated heterocycles. The molecule has 0 spiro atoms. The fourth-order valence-electron chi connectivity index (χ4n) is 2.98. The zero-order chi connectivity index (χ0) is 19.1. The van der Waals surface area contributed by atoms with E-state index in [0.717, 1.165) is 5.69 Å². The Morgan fingerprint density at radius 1 is 1.19 bits per heavy atom. The summed E-state index contributed by atoms with van der Waals surface area (Å²) >= 11 is 0. The number of piperazine rings is 1. The fraction of sp³-hybridized carbons (Fsp3) is 0.500. The summed E-state index contributed by atoms with van der Waals surface area (Å²) in [6.07, 6.45) is -0.320. The van der Waals surface area contributed by atoms with E-state index in [1.807, 2.05) is 20.8 Å². The van der Waals surface area contributed by atoms with Crippen molar-refractivity contribution < 1.29 is 23.8 Å². The Kier molecular flexibility index (Phi) is 4.52. The maximum absolute atomic E-state index is 12.2. The highest BCUT2D eigenvalue weighted by Gasteiger charge is 2.28. The number of carboxylic acid groups (broad SMARTS) is 1. The lowest BCUT2D eigenvalue weighted by molar-refractivity contribution is 0.0240. The highest BCUT2D eigenvalue weighted by atomic mass is 16.6. The number of benzene rings is 1. The lowest BCUT2D eigenvalue weighted by atomic mass is 10.1. The maximum Gasteiger partial charge on any atom is 0.410 e. The molecule has 8 nitrogen and oxygen atoms in total. The molecule has 26 heavy (non-hydrogen) atoms. The van der Waals surface area contributed by atoms with Gasteiger partial charge in [0.15, 0.2) is 11.5 Å². The van der Waals surface area contributed by atoms with Crippen LogP contribution in [-0.2, 0) is 4.74 Å². The average molecular weight is 361 g/mol. The summed E-state index contributed by atoms with van der Waals surface area (Å²) in [6.45, 7) is 9.45. The Bertz CT molecular complexity index is 844. The van der Waals surface area contributed by atoms with E-state index in [0.29, 0.717) is 43.2 Å². The number of aryl methyl sites for hydroxylation is 1. The van der Waals surface area contributed by atoms with Gasteiger partial charge in [0.05, 0.1) is 11.3 Å². The zero-order valence-corrected chi connectivity index (χ0v) is 15.4. The molecule has 2 heterocycles. The van der Waals surface area contributed by atoms with Crippen LogP contribution in [0.5, 0.6) is 0 Å². The van der Waals surface area contributed by atoms with E-state index in [4.69, 9.17) is 9.15 Å². The predicted molar refractivity (Wildman–Crippen MR) is 95.7 cm³/mol. The number of anilines is 1. The summed E-state index contributed by atoms with van der Waals surface area (Å²) in [5.41, 5.74) is 1.20. The topological polar surface area (TPSA) is 96.1 Å². The number of carbonyl (C=O) groups excluding carboxylic acids is 1. The first kappa shape index (κ1) is 18.0. The molecule has 1 amide bonds. The van der Waals surface area contributed by atoms with Gasteiger partial charge >= 0.3 is 12.1 Å². The van der Waals surface area contributed by atoms with Gasteiger partial charge in [-0.15, -0.1) is 0 Å².